The number of esters is 1. The van der Waals surface area contributed by atoms with Crippen LogP contribution in [0.4, 0.5) is 0 Å². The summed E-state index contributed by atoms with van der Waals surface area (Å²) in [5.74, 6) is -1.16. The molecule has 1 atom stereocenters. The molecule has 7 heteroatoms. The highest BCUT2D eigenvalue weighted by atomic mass is 32.2. The normalized spacial score (nSPS) is 12.4. The summed E-state index contributed by atoms with van der Waals surface area (Å²) in [7, 11) is -3.83. The fourth-order valence-electron chi connectivity index (χ4n) is 2.38. The van der Waals surface area contributed by atoms with Gasteiger partial charge in [-0.3, -0.25) is 9.59 Å². The van der Waals surface area contributed by atoms with Crippen molar-refractivity contribution in [1.29, 1.82) is 0 Å². The molecule has 1 N–H and O–H groups in total. The lowest BCUT2D eigenvalue weighted by Gasteiger charge is -2.14. The van der Waals surface area contributed by atoms with Crippen molar-refractivity contribution >= 4 is 21.8 Å². The Kier molecular flexibility index (Phi) is 6.51. The Morgan fingerprint density at radius 3 is 2.22 bits per heavy atom. The maximum atomic E-state index is 12.4. The zero-order valence-corrected chi connectivity index (χ0v) is 16.6. The van der Waals surface area contributed by atoms with E-state index in [1.807, 2.05) is 26.8 Å². The van der Waals surface area contributed by atoms with Crippen molar-refractivity contribution in [3.8, 4) is 0 Å². The highest BCUT2D eigenvalue weighted by Gasteiger charge is 2.21. The third kappa shape index (κ3) is 5.48. The highest BCUT2D eigenvalue weighted by Crippen LogP contribution is 2.13. The standard InChI is InChI=1S/C20H23NO5S/c1-13-5-9-18(10-6-13)27(24,25)21-12-19(22)26-16(4)20(23)17-8-7-14(2)15(3)11-17/h5-11,16,21H,12H2,1-4H3/t16-/m1/s1. The molecule has 0 aliphatic rings. The molecule has 6 nitrogen and oxygen atoms in total. The molecule has 0 aliphatic heterocycles. The van der Waals surface area contributed by atoms with E-state index in [0.717, 1.165) is 16.7 Å². The van der Waals surface area contributed by atoms with Crippen LogP contribution in [0.3, 0.4) is 0 Å². The number of benzene rings is 2. The second-order valence-electron chi connectivity index (χ2n) is 6.43. The summed E-state index contributed by atoms with van der Waals surface area (Å²) in [6.45, 7) is 6.58. The quantitative estimate of drug-likeness (QED) is 0.581. The molecule has 0 unspecified atom stereocenters. The Hall–Kier alpha value is -2.51. The molecule has 0 spiro atoms. The van der Waals surface area contributed by atoms with E-state index in [9.17, 15) is 18.0 Å². The molecular weight excluding hydrogens is 366 g/mol. The predicted octanol–water partition coefficient (Wildman–Crippen LogP) is 2.70. The molecule has 0 saturated carbocycles. The molecule has 0 amide bonds. The van der Waals surface area contributed by atoms with Crippen LogP contribution in [0.25, 0.3) is 0 Å². The monoisotopic (exact) mass is 389 g/mol. The van der Waals surface area contributed by atoms with Crippen LogP contribution in [0.5, 0.6) is 0 Å². The Morgan fingerprint density at radius 2 is 1.63 bits per heavy atom. The molecule has 0 heterocycles. The van der Waals surface area contributed by atoms with Crippen LogP contribution in [-0.2, 0) is 19.6 Å². The fourth-order valence-corrected chi connectivity index (χ4v) is 3.35. The van der Waals surface area contributed by atoms with E-state index in [1.165, 1.54) is 19.1 Å². The second-order valence-corrected chi connectivity index (χ2v) is 8.20. The summed E-state index contributed by atoms with van der Waals surface area (Å²) in [4.78, 5) is 24.4. The summed E-state index contributed by atoms with van der Waals surface area (Å²) < 4.78 is 31.6. The van der Waals surface area contributed by atoms with E-state index in [4.69, 9.17) is 4.74 Å². The molecule has 0 saturated heterocycles. The van der Waals surface area contributed by atoms with Crippen molar-refractivity contribution in [3.63, 3.8) is 0 Å². The van der Waals surface area contributed by atoms with Gasteiger partial charge in [0.1, 0.15) is 6.54 Å². The van der Waals surface area contributed by atoms with E-state index in [1.54, 1.807) is 24.3 Å². The van der Waals surface area contributed by atoms with E-state index in [0.29, 0.717) is 5.56 Å². The number of carbonyl (C=O) groups is 2. The largest absolute Gasteiger partial charge is 0.453 e. The average molecular weight is 389 g/mol. The van der Waals surface area contributed by atoms with Gasteiger partial charge in [-0.1, -0.05) is 29.8 Å². The number of hydrogen-bond acceptors (Lipinski definition) is 5. The topological polar surface area (TPSA) is 89.5 Å². The van der Waals surface area contributed by atoms with Gasteiger partial charge in [-0.2, -0.15) is 4.72 Å². The number of sulfonamides is 1. The van der Waals surface area contributed by atoms with Gasteiger partial charge in [0.15, 0.2) is 6.10 Å². The minimum atomic E-state index is -3.83. The van der Waals surface area contributed by atoms with Gasteiger partial charge in [0.2, 0.25) is 15.8 Å². The molecular formula is C20H23NO5S. The van der Waals surface area contributed by atoms with Crippen molar-refractivity contribution in [2.45, 2.75) is 38.7 Å². The first-order chi connectivity index (χ1) is 12.6. The molecule has 0 fully saturated rings. The molecule has 144 valence electrons. The Morgan fingerprint density at radius 1 is 1.00 bits per heavy atom. The van der Waals surface area contributed by atoms with Crippen LogP contribution in [-0.4, -0.2) is 32.8 Å². The van der Waals surface area contributed by atoms with Crippen LogP contribution >= 0.6 is 0 Å². The first-order valence-electron chi connectivity index (χ1n) is 8.47. The lowest BCUT2D eigenvalue weighted by molar-refractivity contribution is -0.144. The van der Waals surface area contributed by atoms with Crippen LogP contribution < -0.4 is 4.72 Å². The zero-order valence-electron chi connectivity index (χ0n) is 15.8. The van der Waals surface area contributed by atoms with Gasteiger partial charge in [0, 0.05) is 5.56 Å². The summed E-state index contributed by atoms with van der Waals surface area (Å²) in [6, 6.07) is 11.5. The number of ketones is 1. The molecule has 27 heavy (non-hydrogen) atoms. The summed E-state index contributed by atoms with van der Waals surface area (Å²) in [6.07, 6.45) is -1.01. The maximum Gasteiger partial charge on any atom is 0.321 e. The van der Waals surface area contributed by atoms with E-state index >= 15 is 0 Å². The number of nitrogens with one attached hydrogen (secondary N) is 1. The van der Waals surface area contributed by atoms with Crippen LogP contribution in [0.15, 0.2) is 47.4 Å². The van der Waals surface area contributed by atoms with Gasteiger partial charge in [0.05, 0.1) is 4.90 Å². The highest BCUT2D eigenvalue weighted by molar-refractivity contribution is 7.89. The van der Waals surface area contributed by atoms with E-state index < -0.39 is 28.6 Å². The molecule has 0 bridgehead atoms. The summed E-state index contributed by atoms with van der Waals surface area (Å²) in [5, 5.41) is 0. The maximum absolute atomic E-state index is 12.4. The number of ether oxygens (including phenoxy) is 1. The van der Waals surface area contributed by atoms with Crippen molar-refractivity contribution in [1.82, 2.24) is 4.72 Å². The van der Waals surface area contributed by atoms with Crippen molar-refractivity contribution < 1.29 is 22.7 Å². The fraction of sp³-hybridized carbons (Fsp3) is 0.300. The lowest BCUT2D eigenvalue weighted by Crippen LogP contribution is -2.34. The third-order valence-corrected chi connectivity index (χ3v) is 5.62. The number of hydrogen-bond donors (Lipinski definition) is 1. The van der Waals surface area contributed by atoms with Crippen molar-refractivity contribution in [2.24, 2.45) is 0 Å². The van der Waals surface area contributed by atoms with Gasteiger partial charge in [0.25, 0.3) is 0 Å². The first kappa shape index (κ1) is 20.8. The number of carbonyl (C=O) groups excluding carboxylic acids is 2. The first-order valence-corrected chi connectivity index (χ1v) is 9.96. The molecule has 0 aromatic heterocycles. The van der Waals surface area contributed by atoms with Gasteiger partial charge in [-0.05, 0) is 57.0 Å². The average Bonchev–Trinajstić information content (AvgIpc) is 2.62. The zero-order chi connectivity index (χ0) is 20.2. The Labute approximate surface area is 159 Å². The van der Waals surface area contributed by atoms with Gasteiger partial charge < -0.3 is 4.74 Å². The van der Waals surface area contributed by atoms with E-state index in [2.05, 4.69) is 4.72 Å². The third-order valence-electron chi connectivity index (χ3n) is 4.21. The molecule has 2 rings (SSSR count). The Bertz CT molecular complexity index is 949. The molecule has 2 aromatic carbocycles. The van der Waals surface area contributed by atoms with Crippen LogP contribution in [0.2, 0.25) is 0 Å². The Balaban J connectivity index is 1.95. The van der Waals surface area contributed by atoms with Gasteiger partial charge in [-0.25, -0.2) is 8.42 Å². The minimum Gasteiger partial charge on any atom is -0.453 e. The van der Waals surface area contributed by atoms with Crippen molar-refractivity contribution in [2.75, 3.05) is 6.54 Å². The lowest BCUT2D eigenvalue weighted by atomic mass is 10.0. The number of rotatable bonds is 7. The smallest absolute Gasteiger partial charge is 0.321 e. The van der Waals surface area contributed by atoms with Gasteiger partial charge >= 0.3 is 5.97 Å². The van der Waals surface area contributed by atoms with Crippen LogP contribution in [0.1, 0.15) is 34.0 Å². The predicted molar refractivity (Wildman–Crippen MR) is 102 cm³/mol. The second kappa shape index (κ2) is 8.45. The molecule has 2 aromatic rings. The van der Waals surface area contributed by atoms with Crippen LogP contribution in [0, 0.1) is 20.8 Å². The van der Waals surface area contributed by atoms with Crippen molar-refractivity contribution in [3.05, 3.63) is 64.7 Å². The SMILES string of the molecule is Cc1ccc(S(=O)(=O)NCC(=O)O[C@H](C)C(=O)c2ccc(C)c(C)c2)cc1. The summed E-state index contributed by atoms with van der Waals surface area (Å²) >= 11 is 0. The van der Waals surface area contributed by atoms with Gasteiger partial charge in [-0.15, -0.1) is 0 Å². The number of aryl methyl sites for hydroxylation is 3. The molecule has 0 aliphatic carbocycles. The minimum absolute atomic E-state index is 0.0557. The summed E-state index contributed by atoms with van der Waals surface area (Å²) in [5.41, 5.74) is 3.39. The number of Topliss-reactive ketones (excluding diaryl/α,β-unsaturated/α-hetero) is 1. The van der Waals surface area contributed by atoms with E-state index in [-0.39, 0.29) is 10.7 Å². The molecule has 0 radical (unpaired) electrons.